The van der Waals surface area contributed by atoms with Crippen LogP contribution in [0.3, 0.4) is 0 Å². The third-order valence-electron chi connectivity index (χ3n) is 0.961. The Bertz CT molecular complexity index is 361. The molecule has 5 nitrogen and oxygen atoms in total. The van der Waals surface area contributed by atoms with Crippen molar-refractivity contribution >= 4 is 32.1 Å². The van der Waals surface area contributed by atoms with Gasteiger partial charge in [-0.15, -0.1) is 0 Å². The molecule has 1 heterocycles. The molecule has 0 aliphatic carbocycles. The van der Waals surface area contributed by atoms with E-state index in [-0.39, 0.29) is 5.82 Å². The zero-order chi connectivity index (χ0) is 9.19. The standard InChI is InChI=1S/C5H5BrN2O3S/c6-4-1-2-5(7-3-4)8-12(9,10)11/h1-3H,(H,7,8)(H,9,10,11). The summed E-state index contributed by atoms with van der Waals surface area (Å²) < 4.78 is 31.4. The van der Waals surface area contributed by atoms with Gasteiger partial charge >= 0.3 is 10.3 Å². The zero-order valence-corrected chi connectivity index (χ0v) is 8.13. The lowest BCUT2D eigenvalue weighted by atomic mass is 10.5. The highest BCUT2D eigenvalue weighted by molar-refractivity contribution is 9.10. The maximum Gasteiger partial charge on any atom is 0.358 e. The lowest BCUT2D eigenvalue weighted by Gasteiger charge is -1.99. The number of hydrogen-bond acceptors (Lipinski definition) is 3. The highest BCUT2D eigenvalue weighted by Crippen LogP contribution is 2.10. The monoisotopic (exact) mass is 252 g/mol. The smallest absolute Gasteiger partial charge is 0.269 e. The van der Waals surface area contributed by atoms with Gasteiger partial charge in [0.15, 0.2) is 0 Å². The van der Waals surface area contributed by atoms with Crippen LogP contribution in [0.15, 0.2) is 22.8 Å². The first-order chi connectivity index (χ1) is 5.47. The van der Waals surface area contributed by atoms with E-state index in [1.165, 1.54) is 12.3 Å². The van der Waals surface area contributed by atoms with Gasteiger partial charge in [-0.2, -0.15) is 8.42 Å². The van der Waals surface area contributed by atoms with Crippen LogP contribution in [0, 0.1) is 0 Å². The summed E-state index contributed by atoms with van der Waals surface area (Å²) in [5.41, 5.74) is 0. The lowest BCUT2D eigenvalue weighted by molar-refractivity contribution is 0.489. The number of halogens is 1. The second-order valence-corrected chi connectivity index (χ2v) is 4.01. The minimum absolute atomic E-state index is 0.0701. The fourth-order valence-electron chi connectivity index (χ4n) is 0.568. The first-order valence-corrected chi connectivity index (χ1v) is 5.07. The van der Waals surface area contributed by atoms with E-state index in [0.29, 0.717) is 0 Å². The van der Waals surface area contributed by atoms with E-state index in [0.717, 1.165) is 4.47 Å². The van der Waals surface area contributed by atoms with Crippen molar-refractivity contribution in [1.29, 1.82) is 0 Å². The third-order valence-corrected chi connectivity index (χ3v) is 1.90. The largest absolute Gasteiger partial charge is 0.358 e. The van der Waals surface area contributed by atoms with Crippen molar-refractivity contribution in [3.8, 4) is 0 Å². The summed E-state index contributed by atoms with van der Waals surface area (Å²) in [4.78, 5) is 3.67. The van der Waals surface area contributed by atoms with Gasteiger partial charge in [-0.05, 0) is 28.1 Å². The minimum Gasteiger partial charge on any atom is -0.269 e. The van der Waals surface area contributed by atoms with E-state index >= 15 is 0 Å². The third kappa shape index (κ3) is 3.16. The van der Waals surface area contributed by atoms with Crippen molar-refractivity contribution < 1.29 is 13.0 Å². The Labute approximate surface area is 77.8 Å². The van der Waals surface area contributed by atoms with E-state index in [2.05, 4.69) is 20.9 Å². The molecule has 0 aliphatic rings. The topological polar surface area (TPSA) is 79.3 Å². The summed E-state index contributed by atoms with van der Waals surface area (Å²) in [7, 11) is -4.22. The predicted molar refractivity (Wildman–Crippen MR) is 47.1 cm³/mol. The van der Waals surface area contributed by atoms with Crippen LogP contribution >= 0.6 is 15.9 Å². The summed E-state index contributed by atoms with van der Waals surface area (Å²) in [5.74, 6) is 0.0701. The molecule has 0 bridgehead atoms. The quantitative estimate of drug-likeness (QED) is 0.772. The Hall–Kier alpha value is -0.660. The molecule has 0 amide bonds. The number of anilines is 1. The molecule has 0 fully saturated rings. The molecule has 0 unspecified atom stereocenters. The van der Waals surface area contributed by atoms with Crippen LogP contribution < -0.4 is 4.72 Å². The van der Waals surface area contributed by atoms with E-state index in [4.69, 9.17) is 4.55 Å². The number of pyridine rings is 1. The Kier molecular flexibility index (Phi) is 2.65. The highest BCUT2D eigenvalue weighted by Gasteiger charge is 2.03. The van der Waals surface area contributed by atoms with Gasteiger partial charge < -0.3 is 0 Å². The van der Waals surface area contributed by atoms with Gasteiger partial charge in [-0.25, -0.2) is 9.71 Å². The van der Waals surface area contributed by atoms with Crippen LogP contribution in [-0.2, 0) is 10.3 Å². The summed E-state index contributed by atoms with van der Waals surface area (Å²) in [6.45, 7) is 0. The van der Waals surface area contributed by atoms with Crippen LogP contribution in [0.2, 0.25) is 0 Å². The Morgan fingerprint density at radius 1 is 1.50 bits per heavy atom. The van der Waals surface area contributed by atoms with E-state index < -0.39 is 10.3 Å². The van der Waals surface area contributed by atoms with Crippen molar-refractivity contribution in [2.24, 2.45) is 0 Å². The van der Waals surface area contributed by atoms with Gasteiger partial charge in [0.05, 0.1) is 0 Å². The molecular formula is C5H5BrN2O3S. The van der Waals surface area contributed by atoms with Crippen molar-refractivity contribution in [1.82, 2.24) is 4.98 Å². The summed E-state index contributed by atoms with van der Waals surface area (Å²) in [5, 5.41) is 0. The maximum absolute atomic E-state index is 10.3. The van der Waals surface area contributed by atoms with Gasteiger partial charge in [0.2, 0.25) is 0 Å². The first-order valence-electron chi connectivity index (χ1n) is 2.84. The number of hydrogen-bond donors (Lipinski definition) is 2. The SMILES string of the molecule is O=S(=O)(O)Nc1ccc(Br)cn1. The fraction of sp³-hybridized carbons (Fsp3) is 0. The second kappa shape index (κ2) is 3.38. The lowest BCUT2D eigenvalue weighted by Crippen LogP contribution is -2.11. The van der Waals surface area contributed by atoms with Crippen molar-refractivity contribution in [2.75, 3.05) is 4.72 Å². The molecule has 12 heavy (non-hydrogen) atoms. The van der Waals surface area contributed by atoms with Crippen molar-refractivity contribution in [3.05, 3.63) is 22.8 Å². The molecule has 66 valence electrons. The van der Waals surface area contributed by atoms with Crippen LogP contribution in [-0.4, -0.2) is 18.0 Å². The zero-order valence-electron chi connectivity index (χ0n) is 5.73. The average Bonchev–Trinajstić information content (AvgIpc) is 1.91. The van der Waals surface area contributed by atoms with E-state index in [1.54, 1.807) is 10.8 Å². The average molecular weight is 253 g/mol. The van der Waals surface area contributed by atoms with Gasteiger partial charge in [-0.3, -0.25) is 4.55 Å². The molecule has 0 saturated heterocycles. The highest BCUT2D eigenvalue weighted by atomic mass is 79.9. The summed E-state index contributed by atoms with van der Waals surface area (Å²) in [6.07, 6.45) is 1.41. The molecule has 1 aromatic heterocycles. The molecule has 1 aromatic rings. The maximum atomic E-state index is 10.3. The molecule has 1 rings (SSSR count). The molecule has 0 saturated carbocycles. The molecule has 0 aliphatic heterocycles. The Morgan fingerprint density at radius 3 is 2.58 bits per heavy atom. The molecule has 2 N–H and O–H groups in total. The predicted octanol–water partition coefficient (Wildman–Crippen LogP) is 1.06. The van der Waals surface area contributed by atoms with E-state index in [9.17, 15) is 8.42 Å². The number of rotatable bonds is 2. The summed E-state index contributed by atoms with van der Waals surface area (Å²) >= 11 is 3.12. The van der Waals surface area contributed by atoms with Crippen LogP contribution in [0.5, 0.6) is 0 Å². The van der Waals surface area contributed by atoms with Gasteiger partial charge in [0.1, 0.15) is 5.82 Å². The molecule has 0 radical (unpaired) electrons. The molecule has 0 aromatic carbocycles. The molecule has 0 spiro atoms. The van der Waals surface area contributed by atoms with Crippen molar-refractivity contribution in [2.45, 2.75) is 0 Å². The fourth-order valence-corrected chi connectivity index (χ4v) is 1.19. The van der Waals surface area contributed by atoms with Crippen LogP contribution in [0.25, 0.3) is 0 Å². The normalized spacial score (nSPS) is 11.2. The van der Waals surface area contributed by atoms with E-state index in [1.807, 2.05) is 0 Å². The Balaban J connectivity index is 2.85. The number of nitrogens with one attached hydrogen (secondary N) is 1. The van der Waals surface area contributed by atoms with Gasteiger partial charge in [0.25, 0.3) is 0 Å². The van der Waals surface area contributed by atoms with Gasteiger partial charge in [-0.1, -0.05) is 0 Å². The van der Waals surface area contributed by atoms with Crippen LogP contribution in [0.1, 0.15) is 0 Å². The summed E-state index contributed by atoms with van der Waals surface area (Å²) in [6, 6.07) is 3.01. The van der Waals surface area contributed by atoms with Crippen molar-refractivity contribution in [3.63, 3.8) is 0 Å². The number of nitrogens with zero attached hydrogens (tertiary/aromatic N) is 1. The molecular weight excluding hydrogens is 248 g/mol. The molecule has 7 heteroatoms. The first kappa shape index (κ1) is 9.43. The molecule has 0 atom stereocenters. The van der Waals surface area contributed by atoms with Crippen LogP contribution in [0.4, 0.5) is 5.82 Å². The Morgan fingerprint density at radius 2 is 2.17 bits per heavy atom. The van der Waals surface area contributed by atoms with Gasteiger partial charge in [0, 0.05) is 10.7 Å². The minimum atomic E-state index is -4.22. The number of aromatic nitrogens is 1. The second-order valence-electron chi connectivity index (χ2n) is 1.94.